The lowest BCUT2D eigenvalue weighted by Gasteiger charge is -2.25. The molecule has 0 N–H and O–H groups in total. The molecule has 0 saturated heterocycles. The third-order valence-electron chi connectivity index (χ3n) is 4.49. The van der Waals surface area contributed by atoms with E-state index in [2.05, 4.69) is 39.8 Å². The van der Waals surface area contributed by atoms with Crippen LogP contribution in [0.3, 0.4) is 0 Å². The standard InChI is InChI=1S/C15H24/c1-10(2)13-7-5-11(3)14-8-6-12(4)15(14)9-13/h6-7,10-11,14-15H,5,8-9H2,1-4H3/t11-,14-,15-/m1/s1. The van der Waals surface area contributed by atoms with Crippen LogP contribution in [0.1, 0.15) is 47.0 Å². The molecule has 0 unspecified atom stereocenters. The van der Waals surface area contributed by atoms with Gasteiger partial charge in [0.15, 0.2) is 0 Å². The molecule has 0 heteroatoms. The van der Waals surface area contributed by atoms with Gasteiger partial charge in [0.05, 0.1) is 0 Å². The summed E-state index contributed by atoms with van der Waals surface area (Å²) < 4.78 is 0. The summed E-state index contributed by atoms with van der Waals surface area (Å²) in [6.45, 7) is 9.44. The molecule has 0 fully saturated rings. The lowest BCUT2D eigenvalue weighted by molar-refractivity contribution is 0.298. The molecule has 0 aliphatic heterocycles. The number of hydrogen-bond acceptors (Lipinski definition) is 0. The summed E-state index contributed by atoms with van der Waals surface area (Å²) in [4.78, 5) is 0. The third kappa shape index (κ3) is 2.04. The lowest BCUT2D eigenvalue weighted by atomic mass is 9.80. The van der Waals surface area contributed by atoms with E-state index >= 15 is 0 Å². The quantitative estimate of drug-likeness (QED) is 0.548. The second-order valence-electron chi connectivity index (χ2n) is 5.81. The molecular formula is C15H24. The highest BCUT2D eigenvalue weighted by molar-refractivity contribution is 5.21. The zero-order chi connectivity index (χ0) is 11.0. The third-order valence-corrected chi connectivity index (χ3v) is 4.49. The molecule has 2 aliphatic rings. The minimum Gasteiger partial charge on any atom is -0.0850 e. The first-order chi connectivity index (χ1) is 7.09. The van der Waals surface area contributed by atoms with Crippen molar-refractivity contribution in [2.75, 3.05) is 0 Å². The fourth-order valence-corrected chi connectivity index (χ4v) is 3.24. The first-order valence-electron chi connectivity index (χ1n) is 6.45. The fourth-order valence-electron chi connectivity index (χ4n) is 3.24. The van der Waals surface area contributed by atoms with E-state index in [1.165, 1.54) is 19.3 Å². The van der Waals surface area contributed by atoms with Crippen molar-refractivity contribution in [2.24, 2.45) is 23.7 Å². The monoisotopic (exact) mass is 204 g/mol. The van der Waals surface area contributed by atoms with E-state index in [1.807, 2.05) is 0 Å². The van der Waals surface area contributed by atoms with Crippen molar-refractivity contribution in [3.63, 3.8) is 0 Å². The van der Waals surface area contributed by atoms with Crippen LogP contribution in [0.25, 0.3) is 0 Å². The Labute approximate surface area is 94.5 Å². The largest absolute Gasteiger partial charge is 0.0850 e. The molecular weight excluding hydrogens is 180 g/mol. The van der Waals surface area contributed by atoms with Crippen molar-refractivity contribution in [2.45, 2.75) is 47.0 Å². The van der Waals surface area contributed by atoms with Crippen LogP contribution in [0.2, 0.25) is 0 Å². The van der Waals surface area contributed by atoms with Gasteiger partial charge in [-0.2, -0.15) is 0 Å². The van der Waals surface area contributed by atoms with Gasteiger partial charge in [0, 0.05) is 0 Å². The highest BCUT2D eigenvalue weighted by Crippen LogP contribution is 2.44. The van der Waals surface area contributed by atoms with Crippen LogP contribution >= 0.6 is 0 Å². The van der Waals surface area contributed by atoms with Gasteiger partial charge >= 0.3 is 0 Å². The minimum atomic E-state index is 0.740. The Morgan fingerprint density at radius 2 is 1.93 bits per heavy atom. The molecule has 0 aromatic carbocycles. The van der Waals surface area contributed by atoms with Crippen LogP contribution in [0.4, 0.5) is 0 Å². The zero-order valence-corrected chi connectivity index (χ0v) is 10.6. The maximum absolute atomic E-state index is 2.53. The van der Waals surface area contributed by atoms with Gasteiger partial charge in [0.1, 0.15) is 0 Å². The smallest absolute Gasteiger partial charge is 0.0135 e. The van der Waals surface area contributed by atoms with Crippen LogP contribution in [0, 0.1) is 23.7 Å². The summed E-state index contributed by atoms with van der Waals surface area (Å²) in [5.74, 6) is 3.40. The molecule has 84 valence electrons. The number of allylic oxidation sites excluding steroid dienone is 4. The van der Waals surface area contributed by atoms with E-state index in [0.717, 1.165) is 23.7 Å². The Kier molecular flexibility index (Phi) is 3.04. The predicted molar refractivity (Wildman–Crippen MR) is 66.7 cm³/mol. The Morgan fingerprint density at radius 3 is 2.60 bits per heavy atom. The van der Waals surface area contributed by atoms with E-state index in [-0.39, 0.29) is 0 Å². The number of hydrogen-bond donors (Lipinski definition) is 0. The van der Waals surface area contributed by atoms with E-state index < -0.39 is 0 Å². The van der Waals surface area contributed by atoms with Gasteiger partial charge < -0.3 is 0 Å². The van der Waals surface area contributed by atoms with Gasteiger partial charge in [0.25, 0.3) is 0 Å². The number of rotatable bonds is 1. The van der Waals surface area contributed by atoms with Gasteiger partial charge in [-0.05, 0) is 49.9 Å². The topological polar surface area (TPSA) is 0 Å². The van der Waals surface area contributed by atoms with Gasteiger partial charge in [-0.15, -0.1) is 0 Å². The molecule has 0 heterocycles. The van der Waals surface area contributed by atoms with E-state index in [4.69, 9.17) is 0 Å². The molecule has 0 amide bonds. The van der Waals surface area contributed by atoms with Gasteiger partial charge in [-0.1, -0.05) is 44.1 Å². The Morgan fingerprint density at radius 1 is 1.20 bits per heavy atom. The van der Waals surface area contributed by atoms with Crippen LogP contribution in [-0.2, 0) is 0 Å². The summed E-state index contributed by atoms with van der Waals surface area (Å²) in [6, 6.07) is 0. The van der Waals surface area contributed by atoms with Gasteiger partial charge in [-0.25, -0.2) is 0 Å². The SMILES string of the molecule is CC1=CC[C@@H]2[C@H](C)CC=C(C(C)C)C[C@H]12. The first kappa shape index (κ1) is 11.0. The molecule has 0 saturated carbocycles. The van der Waals surface area contributed by atoms with Crippen molar-refractivity contribution in [1.29, 1.82) is 0 Å². The second-order valence-corrected chi connectivity index (χ2v) is 5.81. The van der Waals surface area contributed by atoms with Crippen molar-refractivity contribution in [1.82, 2.24) is 0 Å². The van der Waals surface area contributed by atoms with Gasteiger partial charge in [-0.3, -0.25) is 0 Å². The molecule has 0 spiro atoms. The molecule has 2 rings (SSSR count). The van der Waals surface area contributed by atoms with Gasteiger partial charge in [0.2, 0.25) is 0 Å². The molecule has 0 aromatic heterocycles. The molecule has 0 radical (unpaired) electrons. The van der Waals surface area contributed by atoms with E-state index in [0.29, 0.717) is 0 Å². The Balaban J connectivity index is 2.20. The predicted octanol–water partition coefficient (Wildman–Crippen LogP) is 4.58. The van der Waals surface area contributed by atoms with E-state index in [1.54, 1.807) is 11.1 Å². The van der Waals surface area contributed by atoms with E-state index in [9.17, 15) is 0 Å². The maximum atomic E-state index is 2.53. The number of fused-ring (bicyclic) bond motifs is 1. The Hall–Kier alpha value is -0.520. The van der Waals surface area contributed by atoms with Crippen molar-refractivity contribution in [3.8, 4) is 0 Å². The van der Waals surface area contributed by atoms with Crippen LogP contribution < -0.4 is 0 Å². The summed E-state index contributed by atoms with van der Waals surface area (Å²) in [5.41, 5.74) is 3.35. The molecule has 0 aromatic rings. The minimum absolute atomic E-state index is 0.740. The summed E-state index contributed by atoms with van der Waals surface area (Å²) in [6.07, 6.45) is 8.97. The first-order valence-corrected chi connectivity index (χ1v) is 6.45. The van der Waals surface area contributed by atoms with Crippen molar-refractivity contribution < 1.29 is 0 Å². The van der Waals surface area contributed by atoms with Crippen molar-refractivity contribution in [3.05, 3.63) is 23.3 Å². The summed E-state index contributed by atoms with van der Waals surface area (Å²) in [5, 5.41) is 0. The zero-order valence-electron chi connectivity index (χ0n) is 10.6. The maximum Gasteiger partial charge on any atom is -0.0135 e. The molecule has 0 nitrogen and oxygen atoms in total. The highest BCUT2D eigenvalue weighted by Gasteiger charge is 2.33. The second kappa shape index (κ2) is 4.15. The molecule has 2 aliphatic carbocycles. The van der Waals surface area contributed by atoms with Crippen LogP contribution in [0.5, 0.6) is 0 Å². The highest BCUT2D eigenvalue weighted by atomic mass is 14.4. The molecule has 15 heavy (non-hydrogen) atoms. The normalized spacial score (nSPS) is 35.9. The lowest BCUT2D eigenvalue weighted by Crippen LogP contribution is -2.17. The average molecular weight is 204 g/mol. The molecule has 0 bridgehead atoms. The fraction of sp³-hybridized carbons (Fsp3) is 0.733. The van der Waals surface area contributed by atoms with Crippen molar-refractivity contribution >= 4 is 0 Å². The Bertz CT molecular complexity index is 293. The summed E-state index contributed by atoms with van der Waals surface area (Å²) in [7, 11) is 0. The van der Waals surface area contributed by atoms with Crippen LogP contribution in [0.15, 0.2) is 23.3 Å². The summed E-state index contributed by atoms with van der Waals surface area (Å²) >= 11 is 0. The molecule has 3 atom stereocenters. The average Bonchev–Trinajstić information content (AvgIpc) is 2.43. The van der Waals surface area contributed by atoms with Crippen LogP contribution in [-0.4, -0.2) is 0 Å².